The van der Waals surface area contributed by atoms with Crippen molar-refractivity contribution in [1.29, 1.82) is 0 Å². The standard InChI is InChI=1S/C45H49ClFN7O7S/c1-44(2)13-11-32(38(26-44)30-3-5-33(46)6-4-30)28-52-19-21-53(22-20-52)34-7-9-37(41(24-34)61-35-23-31-12-16-49-42(31)50-27-35)43(55)51-62(58,59)36-8-10-40(39(25-36)54(56)57)60-29-45(47)14-17-48-18-15-45/h3-10,12,16,23-25,27,48H,11,13-15,17-22,26,28-29H2,1-2H3,(H,49,50)(H,51,55). The number of allylic oxidation sites excluding steroid dienone is 1. The summed E-state index contributed by atoms with van der Waals surface area (Å²) >= 11 is 6.23. The number of H-pyrrole nitrogens is 1. The van der Waals surface area contributed by atoms with Crippen molar-refractivity contribution in [2.75, 3.05) is 57.3 Å². The van der Waals surface area contributed by atoms with E-state index in [2.05, 4.69) is 55.8 Å². The molecule has 326 valence electrons. The van der Waals surface area contributed by atoms with Gasteiger partial charge in [-0.3, -0.25) is 19.8 Å². The maximum Gasteiger partial charge on any atom is 0.312 e. The number of piperazine rings is 1. The predicted octanol–water partition coefficient (Wildman–Crippen LogP) is 8.29. The Morgan fingerprint density at radius 2 is 1.74 bits per heavy atom. The minimum atomic E-state index is -4.66. The first-order valence-electron chi connectivity index (χ1n) is 20.7. The number of aromatic nitrogens is 2. The average Bonchev–Trinajstić information content (AvgIpc) is 3.72. The lowest BCUT2D eigenvalue weighted by molar-refractivity contribution is -0.386. The molecule has 17 heteroatoms. The number of fused-ring (bicyclic) bond motifs is 1. The number of sulfonamides is 1. The third kappa shape index (κ3) is 9.88. The van der Waals surface area contributed by atoms with Crippen LogP contribution in [0.5, 0.6) is 17.2 Å². The number of hydrogen-bond acceptors (Lipinski definition) is 11. The fraction of sp³-hybridized carbons (Fsp3) is 0.378. The van der Waals surface area contributed by atoms with Crippen LogP contribution < -0.4 is 24.4 Å². The van der Waals surface area contributed by atoms with Gasteiger partial charge in [0, 0.05) is 67.1 Å². The summed E-state index contributed by atoms with van der Waals surface area (Å²) in [6.45, 7) is 8.97. The smallest absolute Gasteiger partial charge is 0.312 e. The molecule has 0 spiro atoms. The number of anilines is 1. The van der Waals surface area contributed by atoms with Crippen molar-refractivity contribution >= 4 is 55.5 Å². The number of halogens is 2. The van der Waals surface area contributed by atoms with E-state index in [1.165, 1.54) is 29.0 Å². The second-order valence-corrected chi connectivity index (χ2v) is 19.2. The summed E-state index contributed by atoms with van der Waals surface area (Å²) in [7, 11) is -4.66. The number of nitro benzene ring substituents is 1. The number of nitrogens with zero attached hydrogens (tertiary/aromatic N) is 4. The first-order valence-corrected chi connectivity index (χ1v) is 22.6. The van der Waals surface area contributed by atoms with E-state index >= 15 is 4.39 Å². The van der Waals surface area contributed by atoms with E-state index in [9.17, 15) is 23.3 Å². The number of rotatable bonds is 13. The number of nitro groups is 1. The van der Waals surface area contributed by atoms with Crippen LogP contribution in [-0.4, -0.2) is 92.2 Å². The van der Waals surface area contributed by atoms with E-state index in [1.54, 1.807) is 24.4 Å². The summed E-state index contributed by atoms with van der Waals surface area (Å²) in [5.41, 5.74) is 3.25. The summed E-state index contributed by atoms with van der Waals surface area (Å²) in [4.78, 5) is 36.7. The molecule has 0 radical (unpaired) electrons. The van der Waals surface area contributed by atoms with Crippen LogP contribution in [0.25, 0.3) is 16.6 Å². The van der Waals surface area contributed by atoms with E-state index in [0.717, 1.165) is 73.2 Å². The maximum atomic E-state index is 15.2. The SMILES string of the molecule is CC1(C)CCC(CN2CCN(c3ccc(C(=O)NS(=O)(=O)c4ccc(OCC5(F)CCNCC5)c([N+](=O)[O-])c4)c(Oc4cnc5[nH]ccc5c4)c3)CC2)=C(c2ccc(Cl)cc2)C1. The molecule has 0 bridgehead atoms. The van der Waals surface area contributed by atoms with Gasteiger partial charge in [0.25, 0.3) is 15.9 Å². The number of benzene rings is 3. The highest BCUT2D eigenvalue weighted by Crippen LogP contribution is 2.43. The Morgan fingerprint density at radius 1 is 0.984 bits per heavy atom. The number of amides is 1. The molecule has 2 aliphatic heterocycles. The van der Waals surface area contributed by atoms with Crippen LogP contribution in [0.15, 0.2) is 95.7 Å². The second kappa shape index (κ2) is 17.7. The predicted molar refractivity (Wildman–Crippen MR) is 236 cm³/mol. The molecule has 2 aromatic heterocycles. The van der Waals surface area contributed by atoms with E-state index in [1.807, 2.05) is 18.2 Å². The zero-order valence-electron chi connectivity index (χ0n) is 34.6. The van der Waals surface area contributed by atoms with Crippen LogP contribution in [-0.2, 0) is 10.0 Å². The number of carbonyl (C=O) groups is 1. The van der Waals surface area contributed by atoms with Crippen LogP contribution in [0.2, 0.25) is 5.02 Å². The van der Waals surface area contributed by atoms with Gasteiger partial charge in [-0.25, -0.2) is 22.5 Å². The molecule has 0 unspecified atom stereocenters. The molecule has 2 fully saturated rings. The zero-order chi connectivity index (χ0) is 43.6. The summed E-state index contributed by atoms with van der Waals surface area (Å²) in [5, 5.41) is 16.6. The van der Waals surface area contributed by atoms with Crippen molar-refractivity contribution in [2.45, 2.75) is 56.5 Å². The Hall–Kier alpha value is -5.55. The molecule has 62 heavy (non-hydrogen) atoms. The summed E-state index contributed by atoms with van der Waals surface area (Å²) in [5.74, 6) is -0.888. The Balaban J connectivity index is 1.01. The number of carbonyl (C=O) groups excluding carboxylic acids is 1. The average molecular weight is 886 g/mol. The normalized spacial score (nSPS) is 18.1. The molecule has 5 aromatic rings. The lowest BCUT2D eigenvalue weighted by Gasteiger charge is -2.39. The van der Waals surface area contributed by atoms with Crippen LogP contribution in [0.3, 0.4) is 0 Å². The number of aromatic amines is 1. The summed E-state index contributed by atoms with van der Waals surface area (Å²) in [6.07, 6.45) is 6.74. The number of piperidine rings is 1. The van der Waals surface area contributed by atoms with E-state index < -0.39 is 43.7 Å². The van der Waals surface area contributed by atoms with E-state index in [4.69, 9.17) is 21.1 Å². The molecule has 3 N–H and O–H groups in total. The van der Waals surface area contributed by atoms with Gasteiger partial charge >= 0.3 is 5.69 Å². The summed E-state index contributed by atoms with van der Waals surface area (Å²) in [6, 6.07) is 19.6. The molecule has 3 aromatic carbocycles. The Bertz CT molecular complexity index is 2620. The number of pyridine rings is 1. The van der Waals surface area contributed by atoms with Crippen molar-refractivity contribution in [3.8, 4) is 17.2 Å². The maximum absolute atomic E-state index is 15.2. The number of nitrogens with one attached hydrogen (secondary N) is 3. The van der Waals surface area contributed by atoms with Gasteiger partial charge in [0.2, 0.25) is 0 Å². The first kappa shape index (κ1) is 43.1. The second-order valence-electron chi connectivity index (χ2n) is 17.1. The minimum absolute atomic E-state index is 0.0864. The Labute approximate surface area is 364 Å². The molecule has 4 heterocycles. The van der Waals surface area contributed by atoms with Gasteiger partial charge in [0.15, 0.2) is 5.75 Å². The third-order valence-electron chi connectivity index (χ3n) is 12.0. The highest BCUT2D eigenvalue weighted by molar-refractivity contribution is 7.90. The van der Waals surface area contributed by atoms with Crippen molar-refractivity contribution in [3.63, 3.8) is 0 Å². The van der Waals surface area contributed by atoms with Gasteiger partial charge in [-0.2, -0.15) is 0 Å². The van der Waals surface area contributed by atoms with Gasteiger partial charge in [-0.05, 0) is 110 Å². The lowest BCUT2D eigenvalue weighted by Crippen LogP contribution is -2.47. The molecule has 8 rings (SSSR count). The topological polar surface area (TPSA) is 172 Å². The van der Waals surface area contributed by atoms with Gasteiger partial charge < -0.3 is 24.7 Å². The van der Waals surface area contributed by atoms with E-state index in [0.29, 0.717) is 37.6 Å². The molecule has 2 saturated heterocycles. The van der Waals surface area contributed by atoms with Crippen LogP contribution in [0.4, 0.5) is 15.8 Å². The molecule has 0 saturated carbocycles. The lowest BCUT2D eigenvalue weighted by atomic mass is 9.72. The Kier molecular flexibility index (Phi) is 12.3. The zero-order valence-corrected chi connectivity index (χ0v) is 36.2. The molecule has 1 aliphatic carbocycles. The van der Waals surface area contributed by atoms with E-state index in [-0.39, 0.29) is 35.3 Å². The van der Waals surface area contributed by atoms with Gasteiger partial charge in [-0.15, -0.1) is 0 Å². The Morgan fingerprint density at radius 3 is 2.48 bits per heavy atom. The molecule has 14 nitrogen and oxygen atoms in total. The van der Waals surface area contributed by atoms with Crippen molar-refractivity contribution in [1.82, 2.24) is 24.9 Å². The van der Waals surface area contributed by atoms with Gasteiger partial charge in [0.05, 0.1) is 21.6 Å². The monoisotopic (exact) mass is 885 g/mol. The third-order valence-corrected chi connectivity index (χ3v) is 13.6. The number of hydrogen-bond donors (Lipinski definition) is 3. The van der Waals surface area contributed by atoms with Crippen LogP contribution >= 0.6 is 11.6 Å². The van der Waals surface area contributed by atoms with Crippen LogP contribution in [0.1, 0.15) is 61.9 Å². The fourth-order valence-electron chi connectivity index (χ4n) is 8.37. The fourth-order valence-corrected chi connectivity index (χ4v) is 9.48. The van der Waals surface area contributed by atoms with Gasteiger partial charge in [0.1, 0.15) is 29.4 Å². The molecular formula is C45H49ClFN7O7S. The molecule has 0 atom stereocenters. The van der Waals surface area contributed by atoms with Crippen LogP contribution in [0, 0.1) is 15.5 Å². The number of ether oxygens (including phenoxy) is 2. The quantitative estimate of drug-likeness (QED) is 0.0768. The molecular weight excluding hydrogens is 837 g/mol. The minimum Gasteiger partial charge on any atom is -0.483 e. The molecule has 3 aliphatic rings. The van der Waals surface area contributed by atoms with Gasteiger partial charge in [-0.1, -0.05) is 43.2 Å². The van der Waals surface area contributed by atoms with Crippen molar-refractivity contribution < 1.29 is 32.0 Å². The first-order chi connectivity index (χ1) is 29.6. The van der Waals surface area contributed by atoms with Crippen molar-refractivity contribution in [3.05, 3.63) is 117 Å². The molecule has 1 amide bonds. The highest BCUT2D eigenvalue weighted by atomic mass is 35.5. The van der Waals surface area contributed by atoms with Crippen molar-refractivity contribution in [2.24, 2.45) is 5.41 Å². The largest absolute Gasteiger partial charge is 0.483 e. The number of alkyl halides is 1. The summed E-state index contributed by atoms with van der Waals surface area (Å²) < 4.78 is 56.3. The highest BCUT2D eigenvalue weighted by Gasteiger charge is 2.35.